The van der Waals surface area contributed by atoms with Crippen LogP contribution in [0.25, 0.3) is 0 Å². The largest absolute Gasteiger partial charge is 0.469 e. The van der Waals surface area contributed by atoms with Gasteiger partial charge in [-0.1, -0.05) is 23.9 Å². The summed E-state index contributed by atoms with van der Waals surface area (Å²) >= 11 is 2.74. The Morgan fingerprint density at radius 1 is 1.23 bits per heavy atom. The molecule has 6 nitrogen and oxygen atoms in total. The maximum absolute atomic E-state index is 13.0. The average Bonchev–Trinajstić information content (AvgIpc) is 3.12. The van der Waals surface area contributed by atoms with Crippen molar-refractivity contribution >= 4 is 46.5 Å². The molecule has 0 spiro atoms. The lowest BCUT2D eigenvalue weighted by Crippen LogP contribution is -2.67. The third-order valence-electron chi connectivity index (χ3n) is 5.52. The predicted octanol–water partition coefficient (Wildman–Crippen LogP) is 2.58. The minimum Gasteiger partial charge on any atom is -0.469 e. The van der Waals surface area contributed by atoms with Gasteiger partial charge in [-0.15, -0.1) is 11.3 Å². The van der Waals surface area contributed by atoms with Gasteiger partial charge in [0.2, 0.25) is 0 Å². The van der Waals surface area contributed by atoms with E-state index in [1.807, 2.05) is 19.1 Å². The summed E-state index contributed by atoms with van der Waals surface area (Å²) in [5, 5.41) is 0. The van der Waals surface area contributed by atoms with Crippen molar-refractivity contribution in [2.75, 3.05) is 19.1 Å². The monoisotopic (exact) mass is 393 g/mol. The van der Waals surface area contributed by atoms with Crippen LogP contribution in [0.15, 0.2) is 16.4 Å². The molecule has 1 fully saturated rings. The van der Waals surface area contributed by atoms with Crippen molar-refractivity contribution in [1.82, 2.24) is 0 Å². The molecule has 1 saturated heterocycles. The van der Waals surface area contributed by atoms with Gasteiger partial charge in [-0.25, -0.2) is 0 Å². The van der Waals surface area contributed by atoms with Crippen LogP contribution in [0.4, 0.5) is 5.69 Å². The van der Waals surface area contributed by atoms with Gasteiger partial charge in [0.05, 0.1) is 41.0 Å². The van der Waals surface area contributed by atoms with Crippen LogP contribution in [0.2, 0.25) is 0 Å². The zero-order chi connectivity index (χ0) is 18.8. The number of nitrogens with zero attached hydrogens (tertiary/aromatic N) is 1. The molecule has 3 aliphatic rings. The molecule has 0 radical (unpaired) electrons. The number of rotatable bonds is 3. The number of Topliss-reactive ketones (excluding diaryl/α,β-unsaturated/α-hetero) is 1. The first-order valence-corrected chi connectivity index (χ1v) is 9.96. The fourth-order valence-corrected chi connectivity index (χ4v) is 7.68. The zero-order valence-electron chi connectivity index (χ0n) is 14.9. The van der Waals surface area contributed by atoms with Gasteiger partial charge < -0.3 is 14.4 Å². The van der Waals surface area contributed by atoms with Crippen LogP contribution < -0.4 is 4.90 Å². The Kier molecular flexibility index (Phi) is 3.96. The summed E-state index contributed by atoms with van der Waals surface area (Å²) in [6, 6.07) is -0.307. The van der Waals surface area contributed by atoms with Crippen molar-refractivity contribution < 1.29 is 23.9 Å². The van der Waals surface area contributed by atoms with Crippen molar-refractivity contribution in [3.05, 3.63) is 22.6 Å². The highest BCUT2D eigenvalue weighted by Crippen LogP contribution is 2.62. The third-order valence-corrected chi connectivity index (χ3v) is 8.61. The van der Waals surface area contributed by atoms with E-state index in [-0.39, 0.29) is 17.9 Å². The van der Waals surface area contributed by atoms with Crippen LogP contribution in [0.1, 0.15) is 28.6 Å². The van der Waals surface area contributed by atoms with Crippen molar-refractivity contribution in [1.29, 1.82) is 0 Å². The summed E-state index contributed by atoms with van der Waals surface area (Å²) in [5.41, 5.74) is 1.95. The van der Waals surface area contributed by atoms with Gasteiger partial charge in [0.1, 0.15) is 0 Å². The Balaban J connectivity index is 1.95. The SMILES string of the molecule is COC(=O)[C@H]1CC2C=CC3N2c2c(sc(C(C)=O)c2C)S[C@]31C(=O)OC. The van der Waals surface area contributed by atoms with Crippen molar-refractivity contribution in [3.63, 3.8) is 0 Å². The number of ketones is 1. The molecule has 3 aliphatic heterocycles. The topological polar surface area (TPSA) is 72.9 Å². The molecule has 2 unspecified atom stereocenters. The lowest BCUT2D eigenvalue weighted by molar-refractivity contribution is -0.157. The Morgan fingerprint density at radius 2 is 1.96 bits per heavy atom. The number of hydrogen-bond acceptors (Lipinski definition) is 8. The second-order valence-corrected chi connectivity index (χ2v) is 9.32. The van der Waals surface area contributed by atoms with Crippen molar-refractivity contribution in [2.24, 2.45) is 5.92 Å². The second kappa shape index (κ2) is 5.85. The summed E-state index contributed by atoms with van der Waals surface area (Å²) in [6.07, 6.45) is 4.52. The maximum atomic E-state index is 13.0. The first-order valence-electron chi connectivity index (χ1n) is 8.33. The normalized spacial score (nSPS) is 30.8. The minimum absolute atomic E-state index is 0.00496. The fraction of sp³-hybridized carbons (Fsp3) is 0.500. The van der Waals surface area contributed by atoms with E-state index in [4.69, 9.17) is 9.47 Å². The number of thiophene rings is 1. The highest BCUT2D eigenvalue weighted by atomic mass is 32.2. The summed E-state index contributed by atoms with van der Waals surface area (Å²) in [4.78, 5) is 40.5. The van der Waals surface area contributed by atoms with E-state index < -0.39 is 22.6 Å². The molecule has 8 heteroatoms. The molecule has 4 heterocycles. The van der Waals surface area contributed by atoms with Crippen LogP contribution in [0.5, 0.6) is 0 Å². The molecule has 26 heavy (non-hydrogen) atoms. The Morgan fingerprint density at radius 3 is 2.58 bits per heavy atom. The Hall–Kier alpha value is -1.80. The summed E-state index contributed by atoms with van der Waals surface area (Å²) in [7, 11) is 2.69. The van der Waals surface area contributed by atoms with Crippen molar-refractivity contribution in [2.45, 2.75) is 41.3 Å². The van der Waals surface area contributed by atoms with E-state index in [1.54, 1.807) is 6.92 Å². The molecule has 0 aromatic carbocycles. The van der Waals surface area contributed by atoms with Gasteiger partial charge in [-0.3, -0.25) is 14.4 Å². The number of fused-ring (bicyclic) bond motifs is 1. The van der Waals surface area contributed by atoms with Crippen LogP contribution in [0.3, 0.4) is 0 Å². The highest BCUT2D eigenvalue weighted by Gasteiger charge is 2.66. The lowest BCUT2D eigenvalue weighted by Gasteiger charge is -2.53. The van der Waals surface area contributed by atoms with E-state index >= 15 is 0 Å². The van der Waals surface area contributed by atoms with E-state index in [0.29, 0.717) is 11.3 Å². The lowest BCUT2D eigenvalue weighted by atomic mass is 9.77. The summed E-state index contributed by atoms with van der Waals surface area (Å²) < 4.78 is 9.95. The zero-order valence-corrected chi connectivity index (χ0v) is 16.5. The van der Waals surface area contributed by atoms with E-state index in [2.05, 4.69) is 4.90 Å². The number of thioether (sulfide) groups is 1. The Labute approximate surface area is 159 Å². The average molecular weight is 393 g/mol. The molecule has 0 saturated carbocycles. The van der Waals surface area contributed by atoms with Gasteiger partial charge in [0.25, 0.3) is 0 Å². The van der Waals surface area contributed by atoms with Gasteiger partial charge >= 0.3 is 11.9 Å². The molecular formula is C18H19NO5S2. The molecule has 4 rings (SSSR count). The van der Waals surface area contributed by atoms with Gasteiger partial charge in [0, 0.05) is 6.04 Å². The number of carbonyl (C=O) groups excluding carboxylic acids is 3. The van der Waals surface area contributed by atoms with Gasteiger partial charge in [-0.2, -0.15) is 0 Å². The minimum atomic E-state index is -1.11. The van der Waals surface area contributed by atoms with Crippen molar-refractivity contribution in [3.8, 4) is 0 Å². The standard InChI is InChI=1S/C18H19NO5S2/c1-8-13-16(25-14(8)9(2)20)26-18(17(22)24-4)11(15(21)23-3)7-10-5-6-12(18)19(10)13/h5-6,10-12H,7H2,1-4H3/t10?,11-,12?,18+/m1/s1. The molecule has 0 aliphatic carbocycles. The molecule has 1 aromatic rings. The summed E-state index contributed by atoms with van der Waals surface area (Å²) in [6.45, 7) is 3.50. The quantitative estimate of drug-likeness (QED) is 0.444. The molecule has 1 aromatic heterocycles. The van der Waals surface area contributed by atoms with Gasteiger partial charge in [0.15, 0.2) is 10.5 Å². The van der Waals surface area contributed by atoms with Crippen LogP contribution in [-0.4, -0.2) is 48.8 Å². The van der Waals surface area contributed by atoms with Gasteiger partial charge in [-0.05, 0) is 25.8 Å². The fourth-order valence-electron chi connectivity index (χ4n) is 4.44. The van der Waals surface area contributed by atoms with E-state index in [0.717, 1.165) is 15.5 Å². The predicted molar refractivity (Wildman–Crippen MR) is 99.0 cm³/mol. The molecule has 138 valence electrons. The number of carbonyl (C=O) groups is 3. The van der Waals surface area contributed by atoms with Crippen LogP contribution in [-0.2, 0) is 19.1 Å². The van der Waals surface area contributed by atoms with E-state index in [9.17, 15) is 14.4 Å². The third kappa shape index (κ3) is 2.02. The number of piperidine rings is 1. The first-order chi connectivity index (χ1) is 12.4. The number of hydrogen-bond donors (Lipinski definition) is 0. The number of anilines is 1. The number of ether oxygens (including phenoxy) is 2. The molecule has 4 bridgehead atoms. The molecule has 4 atom stereocenters. The van der Waals surface area contributed by atoms with Crippen LogP contribution in [0, 0.1) is 12.8 Å². The molecule has 0 amide bonds. The second-order valence-electron chi connectivity index (χ2n) is 6.75. The van der Waals surface area contributed by atoms with E-state index in [1.165, 1.54) is 37.3 Å². The van der Waals surface area contributed by atoms with Crippen LogP contribution >= 0.6 is 23.1 Å². The Bertz CT molecular complexity index is 860. The smallest absolute Gasteiger partial charge is 0.325 e. The number of methoxy groups -OCH3 is 2. The molecular weight excluding hydrogens is 374 g/mol. The number of esters is 2. The summed E-state index contributed by atoms with van der Waals surface area (Å²) in [5.74, 6) is -1.43. The highest BCUT2D eigenvalue weighted by molar-refractivity contribution is 8.03. The maximum Gasteiger partial charge on any atom is 0.325 e. The first kappa shape index (κ1) is 17.6. The molecule has 0 N–H and O–H groups in total.